The summed E-state index contributed by atoms with van der Waals surface area (Å²) in [5, 5.41) is 15.7. The van der Waals surface area contributed by atoms with Crippen LogP contribution < -0.4 is 15.0 Å². The molecule has 40 heavy (non-hydrogen) atoms. The molecule has 1 saturated carbocycles. The molecule has 8 nitrogen and oxygen atoms in total. The zero-order valence-electron chi connectivity index (χ0n) is 21.7. The number of hydrogen-bond donors (Lipinski definition) is 2. The van der Waals surface area contributed by atoms with Gasteiger partial charge in [0, 0.05) is 24.3 Å². The standard InChI is InChI=1S/C29H29F3N6O2/c30-29(31,32)40-26-16-8-21(9-17-26)19-38(25-14-12-23(13-15-25)22-4-2-1-3-5-22)18-20-6-10-24(11-7-20)27(39)33-28-34-36-37-35-28/h6-17,22H,1-5,18-19H2,(H2,33,34,35,36,37,39). The Morgan fingerprint density at radius 1 is 0.900 bits per heavy atom. The molecule has 0 atom stereocenters. The number of alkyl halides is 3. The average molecular weight is 551 g/mol. The van der Waals surface area contributed by atoms with Crippen molar-refractivity contribution in [3.8, 4) is 5.75 Å². The summed E-state index contributed by atoms with van der Waals surface area (Å²) in [7, 11) is 0. The van der Waals surface area contributed by atoms with Gasteiger partial charge in [0.25, 0.3) is 11.9 Å². The molecule has 208 valence electrons. The van der Waals surface area contributed by atoms with Crippen LogP contribution in [0, 0.1) is 0 Å². The quantitative estimate of drug-likeness (QED) is 0.244. The number of amides is 1. The molecule has 1 aliphatic carbocycles. The molecule has 0 saturated heterocycles. The van der Waals surface area contributed by atoms with Gasteiger partial charge < -0.3 is 9.64 Å². The smallest absolute Gasteiger partial charge is 0.406 e. The molecule has 2 N–H and O–H groups in total. The fraction of sp³-hybridized carbons (Fsp3) is 0.310. The highest BCUT2D eigenvalue weighted by Gasteiger charge is 2.31. The minimum atomic E-state index is -4.73. The third kappa shape index (κ3) is 7.37. The van der Waals surface area contributed by atoms with Crippen molar-refractivity contribution >= 4 is 17.5 Å². The Morgan fingerprint density at radius 2 is 1.52 bits per heavy atom. The number of nitrogens with one attached hydrogen (secondary N) is 2. The maximum atomic E-state index is 12.6. The van der Waals surface area contributed by atoms with E-state index in [4.69, 9.17) is 0 Å². The van der Waals surface area contributed by atoms with Crippen LogP contribution in [0.25, 0.3) is 0 Å². The van der Waals surface area contributed by atoms with Crippen molar-refractivity contribution in [2.75, 3.05) is 10.2 Å². The van der Waals surface area contributed by atoms with E-state index >= 15 is 0 Å². The third-order valence-corrected chi connectivity index (χ3v) is 7.03. The maximum absolute atomic E-state index is 12.6. The summed E-state index contributed by atoms with van der Waals surface area (Å²) in [6, 6.07) is 21.7. The van der Waals surface area contributed by atoms with Gasteiger partial charge in [0.05, 0.1) is 0 Å². The van der Waals surface area contributed by atoms with Crippen molar-refractivity contribution in [1.29, 1.82) is 0 Å². The summed E-state index contributed by atoms with van der Waals surface area (Å²) in [5.41, 5.74) is 4.58. The van der Waals surface area contributed by atoms with Gasteiger partial charge in [-0.25, -0.2) is 0 Å². The SMILES string of the molecule is O=C(Nc1nn[nH]n1)c1ccc(CN(Cc2ccc(OC(F)(F)F)cc2)c2ccc(C3CCCCC3)cc2)cc1. The number of nitrogens with zero attached hydrogens (tertiary/aromatic N) is 4. The van der Waals surface area contributed by atoms with Crippen LogP contribution in [0.15, 0.2) is 72.8 Å². The summed E-state index contributed by atoms with van der Waals surface area (Å²) >= 11 is 0. The molecule has 0 spiro atoms. The second-order valence-corrected chi connectivity index (χ2v) is 9.86. The normalized spacial score (nSPS) is 14.1. The Bertz CT molecular complexity index is 1370. The van der Waals surface area contributed by atoms with E-state index in [1.165, 1.54) is 49.8 Å². The van der Waals surface area contributed by atoms with E-state index in [1.807, 2.05) is 12.1 Å². The molecule has 1 aromatic heterocycles. The van der Waals surface area contributed by atoms with Crippen LogP contribution in [0.2, 0.25) is 0 Å². The Morgan fingerprint density at radius 3 is 2.10 bits per heavy atom. The van der Waals surface area contributed by atoms with Crippen molar-refractivity contribution in [2.45, 2.75) is 57.5 Å². The van der Waals surface area contributed by atoms with E-state index in [2.05, 4.69) is 59.8 Å². The highest BCUT2D eigenvalue weighted by Crippen LogP contribution is 2.34. The first-order valence-corrected chi connectivity index (χ1v) is 13.2. The van der Waals surface area contributed by atoms with Crippen LogP contribution in [0.5, 0.6) is 5.75 Å². The number of hydrogen-bond acceptors (Lipinski definition) is 6. The van der Waals surface area contributed by atoms with Crippen LogP contribution in [-0.4, -0.2) is 32.9 Å². The molecule has 0 bridgehead atoms. The summed E-state index contributed by atoms with van der Waals surface area (Å²) in [5.74, 6) is 0.0609. The number of rotatable bonds is 9. The lowest BCUT2D eigenvalue weighted by atomic mass is 9.84. The molecule has 5 rings (SSSR count). The first-order chi connectivity index (χ1) is 19.3. The van der Waals surface area contributed by atoms with Crippen molar-refractivity contribution < 1.29 is 22.7 Å². The first kappa shape index (κ1) is 27.2. The predicted molar refractivity (Wildman–Crippen MR) is 144 cm³/mol. The van der Waals surface area contributed by atoms with Crippen LogP contribution in [0.1, 0.15) is 65.1 Å². The Balaban J connectivity index is 1.33. The summed E-state index contributed by atoms with van der Waals surface area (Å²) in [6.45, 7) is 0.992. The molecule has 1 aliphatic rings. The lowest BCUT2D eigenvalue weighted by Crippen LogP contribution is -2.22. The average Bonchev–Trinajstić information content (AvgIpc) is 3.47. The molecule has 1 heterocycles. The van der Waals surface area contributed by atoms with E-state index < -0.39 is 6.36 Å². The van der Waals surface area contributed by atoms with Crippen molar-refractivity contribution in [1.82, 2.24) is 20.6 Å². The number of anilines is 2. The van der Waals surface area contributed by atoms with Gasteiger partial charge >= 0.3 is 6.36 Å². The second-order valence-electron chi connectivity index (χ2n) is 9.86. The van der Waals surface area contributed by atoms with Gasteiger partial charge in [-0.1, -0.05) is 60.8 Å². The summed E-state index contributed by atoms with van der Waals surface area (Å²) < 4.78 is 41.8. The molecule has 0 aliphatic heterocycles. The molecule has 0 unspecified atom stereocenters. The third-order valence-electron chi connectivity index (χ3n) is 7.03. The molecule has 1 amide bonds. The molecule has 3 aromatic carbocycles. The van der Waals surface area contributed by atoms with Crippen molar-refractivity contribution in [2.24, 2.45) is 0 Å². The van der Waals surface area contributed by atoms with E-state index in [1.54, 1.807) is 24.3 Å². The van der Waals surface area contributed by atoms with Crippen molar-refractivity contribution in [3.63, 3.8) is 0 Å². The number of carbonyl (C=O) groups is 1. The predicted octanol–water partition coefficient (Wildman–Crippen LogP) is 6.61. The summed E-state index contributed by atoms with van der Waals surface area (Å²) in [6.07, 6.45) is 1.50. The monoisotopic (exact) mass is 550 g/mol. The first-order valence-electron chi connectivity index (χ1n) is 13.2. The lowest BCUT2D eigenvalue weighted by Gasteiger charge is -2.27. The topological polar surface area (TPSA) is 96.0 Å². The fourth-order valence-corrected chi connectivity index (χ4v) is 5.02. The van der Waals surface area contributed by atoms with Gasteiger partial charge in [0.2, 0.25) is 0 Å². The number of H-pyrrole nitrogens is 1. The van der Waals surface area contributed by atoms with E-state index in [0.717, 1.165) is 16.8 Å². The molecule has 0 radical (unpaired) electrons. The minimum absolute atomic E-state index is 0.0866. The van der Waals surface area contributed by atoms with Crippen LogP contribution >= 0.6 is 0 Å². The number of aromatic amines is 1. The fourth-order valence-electron chi connectivity index (χ4n) is 5.02. The zero-order chi connectivity index (χ0) is 28.0. The number of aromatic nitrogens is 4. The number of ether oxygens (including phenoxy) is 1. The highest BCUT2D eigenvalue weighted by molar-refractivity contribution is 6.03. The zero-order valence-corrected chi connectivity index (χ0v) is 21.7. The van der Waals surface area contributed by atoms with Crippen LogP contribution in [0.4, 0.5) is 24.8 Å². The van der Waals surface area contributed by atoms with E-state index in [0.29, 0.717) is 24.6 Å². The molecular weight excluding hydrogens is 521 g/mol. The Hall–Kier alpha value is -4.41. The van der Waals surface area contributed by atoms with Gasteiger partial charge in [-0.15, -0.1) is 18.3 Å². The summed E-state index contributed by atoms with van der Waals surface area (Å²) in [4.78, 5) is 14.6. The van der Waals surface area contributed by atoms with Gasteiger partial charge in [0.15, 0.2) is 0 Å². The lowest BCUT2D eigenvalue weighted by molar-refractivity contribution is -0.274. The Kier molecular flexibility index (Phi) is 8.28. The van der Waals surface area contributed by atoms with Crippen LogP contribution in [-0.2, 0) is 13.1 Å². The maximum Gasteiger partial charge on any atom is 0.573 e. The van der Waals surface area contributed by atoms with Crippen LogP contribution in [0.3, 0.4) is 0 Å². The molecular formula is C29H29F3N6O2. The van der Waals surface area contributed by atoms with Gasteiger partial charge in [-0.2, -0.15) is 5.21 Å². The number of carbonyl (C=O) groups excluding carboxylic acids is 1. The largest absolute Gasteiger partial charge is 0.573 e. The van der Waals surface area contributed by atoms with Crippen molar-refractivity contribution in [3.05, 3.63) is 95.1 Å². The van der Waals surface area contributed by atoms with E-state index in [9.17, 15) is 18.0 Å². The molecule has 11 heteroatoms. The second kappa shape index (κ2) is 12.2. The number of halogens is 3. The van der Waals surface area contributed by atoms with Gasteiger partial charge in [0.1, 0.15) is 5.75 Å². The number of benzene rings is 3. The highest BCUT2D eigenvalue weighted by atomic mass is 19.4. The van der Waals surface area contributed by atoms with Gasteiger partial charge in [-0.05, 0) is 77.1 Å². The van der Waals surface area contributed by atoms with Gasteiger partial charge in [-0.3, -0.25) is 10.1 Å². The number of tetrazole rings is 1. The minimum Gasteiger partial charge on any atom is -0.406 e. The van der Waals surface area contributed by atoms with E-state index in [-0.39, 0.29) is 17.6 Å². The molecule has 4 aromatic rings. The molecule has 1 fully saturated rings. The Labute approximate surface area is 229 Å².